The van der Waals surface area contributed by atoms with Crippen LogP contribution in [-0.2, 0) is 9.47 Å². The average Bonchev–Trinajstić information content (AvgIpc) is 3.18. The highest BCUT2D eigenvalue weighted by Gasteiger charge is 2.63. The number of hydrogen-bond acceptors (Lipinski definition) is 4. The summed E-state index contributed by atoms with van der Waals surface area (Å²) in [5.74, 6) is 0. The molecule has 2 unspecified atom stereocenters. The maximum Gasteiger partial charge on any atom is 0.410 e. The summed E-state index contributed by atoms with van der Waals surface area (Å²) in [6.45, 7) is 3.37. The highest BCUT2D eigenvalue weighted by molar-refractivity contribution is 7.94. The molecule has 0 amide bonds. The minimum Gasteiger partial charge on any atom is -0.383 e. The summed E-state index contributed by atoms with van der Waals surface area (Å²) < 4.78 is 16.0. The van der Waals surface area contributed by atoms with Crippen LogP contribution in [0.3, 0.4) is 0 Å². The quantitative estimate of drug-likeness (QED) is 0.528. The Bertz CT molecular complexity index is 424. The second-order valence-corrected chi connectivity index (χ2v) is 9.72. The lowest BCUT2D eigenvalue weighted by Gasteiger charge is -2.38. The van der Waals surface area contributed by atoms with E-state index in [1.54, 1.807) is 14.2 Å². The molecule has 0 N–H and O–H groups in total. The van der Waals surface area contributed by atoms with Crippen LogP contribution < -0.4 is 0 Å². The first-order valence-electron chi connectivity index (χ1n) is 8.78. The van der Waals surface area contributed by atoms with E-state index in [1.807, 2.05) is 0 Å². The lowest BCUT2D eigenvalue weighted by Crippen LogP contribution is -2.41. The molecular formula is C17H29BN2O2P+. The van der Waals surface area contributed by atoms with E-state index in [4.69, 9.17) is 17.0 Å². The monoisotopic (exact) mass is 335 g/mol. The molecule has 1 saturated heterocycles. The molecule has 2 aliphatic carbocycles. The molecule has 0 spiro atoms. The first kappa shape index (κ1) is 17.6. The van der Waals surface area contributed by atoms with Gasteiger partial charge in [0.15, 0.2) is 0 Å². The van der Waals surface area contributed by atoms with Crippen LogP contribution >= 0.6 is 7.44 Å². The van der Waals surface area contributed by atoms with E-state index in [0.29, 0.717) is 17.7 Å². The van der Waals surface area contributed by atoms with Crippen molar-refractivity contribution in [2.75, 3.05) is 40.5 Å². The Kier molecular flexibility index (Phi) is 5.98. The van der Waals surface area contributed by atoms with Gasteiger partial charge in [-0.3, -0.25) is 0 Å². The molecule has 23 heavy (non-hydrogen) atoms. The highest BCUT2D eigenvalue weighted by atomic mass is 31.2. The third-order valence-electron chi connectivity index (χ3n) is 5.50. The number of fused-ring (bicyclic) bond motifs is 1. The molecule has 2 fully saturated rings. The van der Waals surface area contributed by atoms with Crippen molar-refractivity contribution >= 4 is 15.0 Å². The first-order chi connectivity index (χ1) is 11.2. The van der Waals surface area contributed by atoms with Gasteiger partial charge >= 0.3 is 7.57 Å². The summed E-state index contributed by atoms with van der Waals surface area (Å²) >= 11 is 0. The molecule has 2 atom stereocenters. The molecule has 1 saturated carbocycles. The van der Waals surface area contributed by atoms with Gasteiger partial charge in [0.2, 0.25) is 0 Å². The van der Waals surface area contributed by atoms with Crippen LogP contribution in [0.5, 0.6) is 0 Å². The molecule has 2 radical (unpaired) electrons. The van der Waals surface area contributed by atoms with E-state index in [1.165, 1.54) is 25.7 Å². The fourth-order valence-corrected chi connectivity index (χ4v) is 8.43. The van der Waals surface area contributed by atoms with Crippen LogP contribution in [0, 0.1) is 0 Å². The number of rotatable bonds is 7. The molecule has 1 aliphatic heterocycles. The zero-order valence-corrected chi connectivity index (χ0v) is 15.3. The molecule has 0 bridgehead atoms. The fraction of sp³-hybridized carbons (Fsp3) is 0.765. The van der Waals surface area contributed by atoms with Crippen LogP contribution in [0.25, 0.3) is 0 Å². The number of methoxy groups -OCH3 is 2. The zero-order valence-electron chi connectivity index (χ0n) is 14.4. The van der Waals surface area contributed by atoms with E-state index in [-0.39, 0.29) is 0 Å². The predicted molar refractivity (Wildman–Crippen MR) is 98.0 cm³/mol. The van der Waals surface area contributed by atoms with E-state index < -0.39 is 7.44 Å². The summed E-state index contributed by atoms with van der Waals surface area (Å²) in [5.41, 5.74) is 0.335. The zero-order chi connectivity index (χ0) is 16.3. The Labute approximate surface area is 142 Å². The Morgan fingerprint density at radius 1 is 0.957 bits per heavy atom. The van der Waals surface area contributed by atoms with Gasteiger partial charge in [-0.1, -0.05) is 25.0 Å². The third kappa shape index (κ3) is 3.19. The SMILES string of the molecule is [B][P+]1(C2C=CC=C2)N(CCOC)C2CCCCC2N1CCOC. The minimum absolute atomic E-state index is 0.335. The Morgan fingerprint density at radius 3 is 1.87 bits per heavy atom. The molecular weight excluding hydrogens is 306 g/mol. The van der Waals surface area contributed by atoms with Crippen molar-refractivity contribution in [2.45, 2.75) is 43.4 Å². The van der Waals surface area contributed by atoms with Crippen molar-refractivity contribution in [1.82, 2.24) is 9.34 Å². The van der Waals surface area contributed by atoms with Gasteiger partial charge in [0.1, 0.15) is 13.1 Å². The molecule has 6 heteroatoms. The molecule has 0 aromatic carbocycles. The molecule has 126 valence electrons. The Morgan fingerprint density at radius 2 is 1.43 bits per heavy atom. The fourth-order valence-electron chi connectivity index (χ4n) is 4.45. The number of ether oxygens (including phenoxy) is 2. The van der Waals surface area contributed by atoms with Crippen molar-refractivity contribution in [1.29, 1.82) is 0 Å². The lowest BCUT2D eigenvalue weighted by molar-refractivity contribution is 0.136. The third-order valence-corrected chi connectivity index (χ3v) is 9.36. The van der Waals surface area contributed by atoms with Gasteiger partial charge in [-0.25, -0.2) is 0 Å². The number of nitrogens with zero attached hydrogens (tertiary/aromatic N) is 2. The van der Waals surface area contributed by atoms with E-state index in [0.717, 1.165) is 26.3 Å². The topological polar surface area (TPSA) is 24.9 Å². The number of hydrogen-bond donors (Lipinski definition) is 0. The summed E-state index contributed by atoms with van der Waals surface area (Å²) in [6.07, 6.45) is 14.0. The van der Waals surface area contributed by atoms with Crippen LogP contribution in [0.1, 0.15) is 25.7 Å². The standard InChI is InChI=1S/C17H29BN2O2P/c1-21-13-11-19-16-9-5-6-10-17(16)20(12-14-22-2)23(19,18)15-7-3-4-8-15/h3-4,7-8,15-17H,5-6,9-14H2,1-2H3/q+1. The second-order valence-electron chi connectivity index (χ2n) is 6.69. The maximum absolute atomic E-state index is 7.24. The molecule has 3 rings (SSSR count). The van der Waals surface area contributed by atoms with Crippen molar-refractivity contribution in [3.8, 4) is 0 Å². The Hall–Kier alpha value is -0.185. The second kappa shape index (κ2) is 7.80. The van der Waals surface area contributed by atoms with Crippen molar-refractivity contribution in [3.05, 3.63) is 24.3 Å². The van der Waals surface area contributed by atoms with Crippen molar-refractivity contribution in [3.63, 3.8) is 0 Å². The van der Waals surface area contributed by atoms with E-state index >= 15 is 0 Å². The van der Waals surface area contributed by atoms with Crippen LogP contribution in [0.4, 0.5) is 0 Å². The first-order valence-corrected chi connectivity index (χ1v) is 10.6. The van der Waals surface area contributed by atoms with Gasteiger partial charge in [-0.05, 0) is 25.0 Å². The summed E-state index contributed by atoms with van der Waals surface area (Å²) in [6, 6.07) is 1.16. The van der Waals surface area contributed by atoms with Gasteiger partial charge < -0.3 is 9.47 Å². The van der Waals surface area contributed by atoms with E-state index in [2.05, 4.69) is 33.6 Å². The largest absolute Gasteiger partial charge is 0.410 e. The molecule has 4 nitrogen and oxygen atoms in total. The van der Waals surface area contributed by atoms with Gasteiger partial charge in [0, 0.05) is 14.2 Å². The smallest absolute Gasteiger partial charge is 0.383 e. The van der Waals surface area contributed by atoms with Crippen LogP contribution in [-0.4, -0.2) is 75.2 Å². The maximum atomic E-state index is 7.24. The molecule has 0 aromatic heterocycles. The van der Waals surface area contributed by atoms with Crippen LogP contribution in [0.2, 0.25) is 0 Å². The minimum atomic E-state index is -1.92. The van der Waals surface area contributed by atoms with Gasteiger partial charge in [-0.2, -0.15) is 9.34 Å². The van der Waals surface area contributed by atoms with Crippen LogP contribution in [0.15, 0.2) is 24.3 Å². The summed E-state index contributed by atoms with van der Waals surface area (Å²) in [4.78, 5) is 0. The normalized spacial score (nSPS) is 35.2. The van der Waals surface area contributed by atoms with Gasteiger partial charge in [0.05, 0.1) is 38.4 Å². The summed E-state index contributed by atoms with van der Waals surface area (Å²) in [5, 5.41) is 0. The van der Waals surface area contributed by atoms with Gasteiger partial charge in [-0.15, -0.1) is 0 Å². The number of allylic oxidation sites excluding steroid dienone is 4. The van der Waals surface area contributed by atoms with Crippen molar-refractivity contribution in [2.24, 2.45) is 0 Å². The molecule has 0 aromatic rings. The van der Waals surface area contributed by atoms with E-state index in [9.17, 15) is 0 Å². The van der Waals surface area contributed by atoms with Crippen molar-refractivity contribution < 1.29 is 9.47 Å². The Balaban J connectivity index is 1.92. The summed E-state index contributed by atoms with van der Waals surface area (Å²) in [7, 11) is 8.89. The van der Waals surface area contributed by atoms with Gasteiger partial charge in [0.25, 0.3) is 0 Å². The molecule has 1 heterocycles. The predicted octanol–water partition coefficient (Wildman–Crippen LogP) is 2.63. The lowest BCUT2D eigenvalue weighted by atomic mass is 9.90. The molecule has 3 aliphatic rings. The highest BCUT2D eigenvalue weighted by Crippen LogP contribution is 2.72. The average molecular weight is 335 g/mol.